The summed E-state index contributed by atoms with van der Waals surface area (Å²) in [5, 5.41) is 3.40. The van der Waals surface area contributed by atoms with Crippen molar-refractivity contribution in [3.8, 4) is 22.8 Å². The van der Waals surface area contributed by atoms with Gasteiger partial charge in [-0.05, 0) is 35.9 Å². The summed E-state index contributed by atoms with van der Waals surface area (Å²) in [5.41, 5.74) is 2.86. The van der Waals surface area contributed by atoms with Crippen LogP contribution in [0, 0.1) is 0 Å². The topological polar surface area (TPSA) is 43.7 Å². The third kappa shape index (κ3) is 3.06. The summed E-state index contributed by atoms with van der Waals surface area (Å²) in [6.45, 7) is 0.271. The molecule has 23 heavy (non-hydrogen) atoms. The van der Waals surface area contributed by atoms with Crippen molar-refractivity contribution >= 4 is 34.3 Å². The number of thiazole rings is 1. The minimum Gasteiger partial charge on any atom is -0.454 e. The average molecular weight is 343 g/mol. The van der Waals surface area contributed by atoms with E-state index in [1.807, 2.05) is 47.8 Å². The molecular weight excluding hydrogens is 332 g/mol. The maximum Gasteiger partial charge on any atom is 0.231 e. The summed E-state index contributed by atoms with van der Waals surface area (Å²) in [6.07, 6.45) is 1.77. The molecule has 0 atom stereocenters. The number of halogens is 1. The van der Waals surface area contributed by atoms with Crippen LogP contribution < -0.4 is 9.47 Å². The molecule has 2 heterocycles. The van der Waals surface area contributed by atoms with E-state index in [1.54, 1.807) is 6.21 Å². The van der Waals surface area contributed by atoms with Gasteiger partial charge in [-0.15, -0.1) is 11.3 Å². The van der Waals surface area contributed by atoms with Gasteiger partial charge in [0.05, 0.1) is 5.69 Å². The Morgan fingerprint density at radius 3 is 2.78 bits per heavy atom. The van der Waals surface area contributed by atoms with E-state index >= 15 is 0 Å². The molecule has 3 aromatic rings. The largest absolute Gasteiger partial charge is 0.454 e. The van der Waals surface area contributed by atoms with Crippen LogP contribution in [0.15, 0.2) is 52.8 Å². The first-order valence-corrected chi connectivity index (χ1v) is 8.19. The molecule has 0 amide bonds. The summed E-state index contributed by atoms with van der Waals surface area (Å²) in [5.74, 6) is 1.51. The maximum atomic E-state index is 5.90. The highest BCUT2D eigenvalue weighted by atomic mass is 35.5. The molecule has 0 bridgehead atoms. The summed E-state index contributed by atoms with van der Waals surface area (Å²) in [6, 6.07) is 13.3. The molecule has 114 valence electrons. The molecule has 4 nitrogen and oxygen atoms in total. The molecule has 0 spiro atoms. The highest BCUT2D eigenvalue weighted by molar-refractivity contribution is 7.13. The fourth-order valence-corrected chi connectivity index (χ4v) is 3.00. The van der Waals surface area contributed by atoms with Crippen LogP contribution in [0.4, 0.5) is 5.13 Å². The van der Waals surface area contributed by atoms with Gasteiger partial charge in [0, 0.05) is 22.2 Å². The van der Waals surface area contributed by atoms with Crippen LogP contribution >= 0.6 is 22.9 Å². The Morgan fingerprint density at radius 2 is 1.91 bits per heavy atom. The van der Waals surface area contributed by atoms with Crippen molar-refractivity contribution in [2.24, 2.45) is 4.99 Å². The van der Waals surface area contributed by atoms with Gasteiger partial charge in [-0.3, -0.25) is 0 Å². The van der Waals surface area contributed by atoms with Gasteiger partial charge >= 0.3 is 0 Å². The third-order valence-electron chi connectivity index (χ3n) is 3.35. The second kappa shape index (κ2) is 6.02. The van der Waals surface area contributed by atoms with E-state index in [-0.39, 0.29) is 6.79 Å². The number of benzene rings is 2. The lowest BCUT2D eigenvalue weighted by Crippen LogP contribution is -1.92. The molecule has 0 radical (unpaired) electrons. The number of nitrogens with zero attached hydrogens (tertiary/aromatic N) is 2. The fraction of sp³-hybridized carbons (Fsp3) is 0.0588. The zero-order chi connectivity index (χ0) is 15.6. The Bertz CT molecular complexity index is 875. The standard InChI is InChI=1S/C17H11ClN2O2S/c18-13-4-2-12(3-5-13)14-9-23-17(20-14)19-8-11-1-6-15-16(7-11)22-10-21-15/h1-9H,10H2/b19-8+. The molecule has 6 heteroatoms. The number of rotatable bonds is 3. The Kier molecular flexibility index (Phi) is 3.73. The van der Waals surface area contributed by atoms with Crippen molar-refractivity contribution in [1.29, 1.82) is 0 Å². The lowest BCUT2D eigenvalue weighted by molar-refractivity contribution is 0.174. The van der Waals surface area contributed by atoms with Crippen LogP contribution in [0.25, 0.3) is 11.3 Å². The molecule has 1 aliphatic rings. The molecule has 0 N–H and O–H groups in total. The first-order valence-electron chi connectivity index (χ1n) is 6.93. The smallest absolute Gasteiger partial charge is 0.231 e. The van der Waals surface area contributed by atoms with E-state index in [2.05, 4.69) is 9.98 Å². The summed E-state index contributed by atoms with van der Waals surface area (Å²) in [4.78, 5) is 8.94. The zero-order valence-electron chi connectivity index (χ0n) is 11.9. The minimum atomic E-state index is 0.271. The molecule has 2 aromatic carbocycles. The van der Waals surface area contributed by atoms with Gasteiger partial charge in [-0.1, -0.05) is 23.7 Å². The van der Waals surface area contributed by atoms with Gasteiger partial charge in [0.15, 0.2) is 11.5 Å². The molecule has 0 fully saturated rings. The predicted molar refractivity (Wildman–Crippen MR) is 92.4 cm³/mol. The Labute approximate surface area is 142 Å². The van der Waals surface area contributed by atoms with Crippen molar-refractivity contribution in [2.75, 3.05) is 6.79 Å². The van der Waals surface area contributed by atoms with Crippen LogP contribution in [-0.4, -0.2) is 18.0 Å². The Balaban J connectivity index is 1.54. The zero-order valence-corrected chi connectivity index (χ0v) is 13.5. The first kappa shape index (κ1) is 14.2. The number of fused-ring (bicyclic) bond motifs is 1. The molecule has 0 unspecified atom stereocenters. The van der Waals surface area contributed by atoms with Crippen LogP contribution in [0.2, 0.25) is 5.02 Å². The molecule has 0 saturated carbocycles. The highest BCUT2D eigenvalue weighted by Crippen LogP contribution is 2.32. The van der Waals surface area contributed by atoms with Crippen molar-refractivity contribution < 1.29 is 9.47 Å². The van der Waals surface area contributed by atoms with Gasteiger partial charge in [0.1, 0.15) is 0 Å². The highest BCUT2D eigenvalue weighted by Gasteiger charge is 2.12. The van der Waals surface area contributed by atoms with E-state index < -0.39 is 0 Å². The monoisotopic (exact) mass is 342 g/mol. The summed E-state index contributed by atoms with van der Waals surface area (Å²) >= 11 is 7.40. The van der Waals surface area contributed by atoms with E-state index in [4.69, 9.17) is 21.1 Å². The van der Waals surface area contributed by atoms with Crippen molar-refractivity contribution in [1.82, 2.24) is 4.98 Å². The number of hydrogen-bond donors (Lipinski definition) is 0. The van der Waals surface area contributed by atoms with E-state index in [9.17, 15) is 0 Å². The van der Waals surface area contributed by atoms with E-state index in [1.165, 1.54) is 11.3 Å². The maximum absolute atomic E-state index is 5.90. The summed E-state index contributed by atoms with van der Waals surface area (Å²) in [7, 11) is 0. The molecule has 1 aromatic heterocycles. The third-order valence-corrected chi connectivity index (χ3v) is 4.35. The van der Waals surface area contributed by atoms with E-state index in [0.29, 0.717) is 10.2 Å². The summed E-state index contributed by atoms with van der Waals surface area (Å²) < 4.78 is 10.6. The molecular formula is C17H11ClN2O2S. The van der Waals surface area contributed by atoms with Crippen LogP contribution in [-0.2, 0) is 0 Å². The van der Waals surface area contributed by atoms with Crippen LogP contribution in [0.3, 0.4) is 0 Å². The minimum absolute atomic E-state index is 0.271. The van der Waals surface area contributed by atoms with Gasteiger partial charge in [0.2, 0.25) is 11.9 Å². The molecule has 4 rings (SSSR count). The Morgan fingerprint density at radius 1 is 1.09 bits per heavy atom. The molecule has 0 saturated heterocycles. The number of hydrogen-bond acceptors (Lipinski definition) is 5. The lowest BCUT2D eigenvalue weighted by Gasteiger charge is -1.97. The normalized spacial score (nSPS) is 12.9. The van der Waals surface area contributed by atoms with Gasteiger partial charge in [0.25, 0.3) is 0 Å². The second-order valence-electron chi connectivity index (χ2n) is 4.89. The number of ether oxygens (including phenoxy) is 2. The predicted octanol–water partition coefficient (Wildman–Crippen LogP) is 4.94. The Hall–Kier alpha value is -2.37. The lowest BCUT2D eigenvalue weighted by atomic mass is 10.2. The molecule has 1 aliphatic heterocycles. The average Bonchev–Trinajstić information content (AvgIpc) is 3.22. The number of aliphatic imine (C=N–C) groups is 1. The SMILES string of the molecule is Clc1ccc(-c2csc(/N=C/c3ccc4c(c3)OCO4)n2)cc1. The van der Waals surface area contributed by atoms with Gasteiger partial charge in [-0.25, -0.2) is 9.98 Å². The van der Waals surface area contributed by atoms with Gasteiger partial charge in [-0.2, -0.15) is 0 Å². The van der Waals surface area contributed by atoms with Crippen LogP contribution in [0.1, 0.15) is 5.56 Å². The fourth-order valence-electron chi connectivity index (χ4n) is 2.20. The first-order chi connectivity index (χ1) is 11.3. The van der Waals surface area contributed by atoms with Crippen molar-refractivity contribution in [3.63, 3.8) is 0 Å². The van der Waals surface area contributed by atoms with Gasteiger partial charge < -0.3 is 9.47 Å². The number of aromatic nitrogens is 1. The van der Waals surface area contributed by atoms with Crippen LogP contribution in [0.5, 0.6) is 11.5 Å². The van der Waals surface area contributed by atoms with E-state index in [0.717, 1.165) is 28.3 Å². The molecule has 0 aliphatic carbocycles. The quantitative estimate of drug-likeness (QED) is 0.633. The van der Waals surface area contributed by atoms with Crippen molar-refractivity contribution in [3.05, 3.63) is 58.4 Å². The second-order valence-corrected chi connectivity index (χ2v) is 6.17. The van der Waals surface area contributed by atoms with Crippen molar-refractivity contribution in [2.45, 2.75) is 0 Å².